The highest BCUT2D eigenvalue weighted by Gasteiger charge is 2.42. The molecule has 0 bridgehead atoms. The van der Waals surface area contributed by atoms with Crippen LogP contribution >= 0.6 is 0 Å². The first-order chi connectivity index (χ1) is 7.58. The summed E-state index contributed by atoms with van der Waals surface area (Å²) in [6.07, 6.45) is 0. The van der Waals surface area contributed by atoms with E-state index in [4.69, 9.17) is 4.74 Å². The van der Waals surface area contributed by atoms with E-state index < -0.39 is 10.5 Å². The van der Waals surface area contributed by atoms with Gasteiger partial charge in [-0.05, 0) is 12.1 Å². The number of nitrogens with one attached hydrogen (secondary N) is 1. The number of nitro groups is 1. The Morgan fingerprint density at radius 1 is 1.56 bits per heavy atom. The zero-order valence-corrected chi connectivity index (χ0v) is 8.77. The fourth-order valence-corrected chi connectivity index (χ4v) is 1.80. The maximum absolute atomic E-state index is 11.0. The molecule has 1 saturated heterocycles. The minimum Gasteiger partial charge on any atom is -0.490 e. The van der Waals surface area contributed by atoms with Crippen LogP contribution in [-0.2, 0) is 5.60 Å². The SMILES string of the molecule is COc1cccc(C2(O)CNC2)c1[N+](=O)[O-]. The van der Waals surface area contributed by atoms with Gasteiger partial charge in [-0.15, -0.1) is 0 Å². The van der Waals surface area contributed by atoms with Crippen molar-refractivity contribution in [2.75, 3.05) is 20.2 Å². The smallest absolute Gasteiger partial charge is 0.317 e. The Kier molecular flexibility index (Phi) is 2.53. The lowest BCUT2D eigenvalue weighted by Gasteiger charge is -2.37. The molecule has 2 N–H and O–H groups in total. The summed E-state index contributed by atoms with van der Waals surface area (Å²) in [7, 11) is 1.37. The lowest BCUT2D eigenvalue weighted by molar-refractivity contribution is -0.387. The molecule has 16 heavy (non-hydrogen) atoms. The number of benzene rings is 1. The molecule has 1 aromatic rings. The standard InChI is InChI=1S/C10H12N2O4/c1-16-8-4-2-3-7(9(8)12(14)15)10(13)5-11-6-10/h2-4,11,13H,5-6H2,1H3. The second-order valence-corrected chi connectivity index (χ2v) is 3.75. The molecular weight excluding hydrogens is 212 g/mol. The molecule has 0 aliphatic carbocycles. The maximum atomic E-state index is 11.0. The Hall–Kier alpha value is -1.66. The lowest BCUT2D eigenvalue weighted by Crippen LogP contribution is -2.56. The molecule has 0 spiro atoms. The number of rotatable bonds is 3. The second kappa shape index (κ2) is 3.73. The minimum absolute atomic E-state index is 0.158. The van der Waals surface area contributed by atoms with Crippen molar-refractivity contribution < 1.29 is 14.8 Å². The molecule has 6 nitrogen and oxygen atoms in total. The van der Waals surface area contributed by atoms with Crippen LogP contribution in [0.5, 0.6) is 5.75 Å². The minimum atomic E-state index is -1.16. The van der Waals surface area contributed by atoms with Gasteiger partial charge in [-0.2, -0.15) is 0 Å². The van der Waals surface area contributed by atoms with Crippen molar-refractivity contribution in [3.63, 3.8) is 0 Å². The molecule has 0 aromatic heterocycles. The van der Waals surface area contributed by atoms with Crippen molar-refractivity contribution >= 4 is 5.69 Å². The summed E-state index contributed by atoms with van der Waals surface area (Å²) in [4.78, 5) is 10.5. The van der Waals surface area contributed by atoms with Gasteiger partial charge in [0.15, 0.2) is 5.75 Å². The van der Waals surface area contributed by atoms with E-state index in [1.54, 1.807) is 12.1 Å². The highest BCUT2D eigenvalue weighted by atomic mass is 16.6. The van der Waals surface area contributed by atoms with Gasteiger partial charge in [0.1, 0.15) is 5.60 Å². The number of methoxy groups -OCH3 is 1. The number of hydrogen-bond donors (Lipinski definition) is 2. The van der Waals surface area contributed by atoms with E-state index in [1.165, 1.54) is 13.2 Å². The Morgan fingerprint density at radius 3 is 2.69 bits per heavy atom. The summed E-state index contributed by atoms with van der Waals surface area (Å²) < 4.78 is 4.94. The van der Waals surface area contributed by atoms with Crippen LogP contribution in [0.3, 0.4) is 0 Å². The fraction of sp³-hybridized carbons (Fsp3) is 0.400. The van der Waals surface area contributed by atoms with Crippen LogP contribution in [0.1, 0.15) is 5.56 Å². The van der Waals surface area contributed by atoms with E-state index in [-0.39, 0.29) is 11.4 Å². The molecule has 1 heterocycles. The van der Waals surface area contributed by atoms with Gasteiger partial charge in [0.05, 0.1) is 17.6 Å². The van der Waals surface area contributed by atoms with E-state index in [9.17, 15) is 15.2 Å². The van der Waals surface area contributed by atoms with Gasteiger partial charge < -0.3 is 15.2 Å². The third kappa shape index (κ3) is 1.52. The summed E-state index contributed by atoms with van der Waals surface area (Å²) in [5.41, 5.74) is -1.01. The summed E-state index contributed by atoms with van der Waals surface area (Å²) in [6.45, 7) is 0.641. The van der Waals surface area contributed by atoms with E-state index >= 15 is 0 Å². The average Bonchev–Trinajstić information content (AvgIpc) is 2.24. The second-order valence-electron chi connectivity index (χ2n) is 3.75. The van der Waals surface area contributed by atoms with E-state index in [2.05, 4.69) is 5.32 Å². The molecular formula is C10H12N2O4. The van der Waals surface area contributed by atoms with Crippen molar-refractivity contribution in [2.24, 2.45) is 0 Å². The molecule has 0 amide bonds. The predicted molar refractivity (Wildman–Crippen MR) is 56.4 cm³/mol. The molecule has 1 fully saturated rings. The molecule has 1 aliphatic rings. The number of ether oxygens (including phenoxy) is 1. The average molecular weight is 224 g/mol. The highest BCUT2D eigenvalue weighted by molar-refractivity contribution is 5.56. The van der Waals surface area contributed by atoms with Crippen LogP contribution in [0.15, 0.2) is 18.2 Å². The van der Waals surface area contributed by atoms with Gasteiger partial charge in [-0.3, -0.25) is 10.1 Å². The Bertz CT molecular complexity index is 429. The first-order valence-corrected chi connectivity index (χ1v) is 4.83. The van der Waals surface area contributed by atoms with Crippen LogP contribution in [0.25, 0.3) is 0 Å². The zero-order valence-electron chi connectivity index (χ0n) is 8.77. The summed E-state index contributed by atoms with van der Waals surface area (Å²) in [5, 5.41) is 24.0. The first-order valence-electron chi connectivity index (χ1n) is 4.83. The Morgan fingerprint density at radius 2 is 2.25 bits per heavy atom. The Labute approximate surface area is 92.0 Å². The molecule has 1 aromatic carbocycles. The molecule has 0 unspecified atom stereocenters. The molecule has 0 saturated carbocycles. The topological polar surface area (TPSA) is 84.6 Å². The third-order valence-electron chi connectivity index (χ3n) is 2.74. The molecule has 86 valence electrons. The predicted octanol–water partition coefficient (Wildman–Crippen LogP) is 0.394. The normalized spacial score (nSPS) is 17.6. The number of hydrogen-bond acceptors (Lipinski definition) is 5. The monoisotopic (exact) mass is 224 g/mol. The van der Waals surface area contributed by atoms with Crippen LogP contribution in [0.2, 0.25) is 0 Å². The van der Waals surface area contributed by atoms with Crippen LogP contribution in [-0.4, -0.2) is 30.2 Å². The number of β-amino-alcohol motifs (C(OH)–C–C–N with tert-alkyl or cyclic N) is 1. The maximum Gasteiger partial charge on any atom is 0.317 e. The number of nitro benzene ring substituents is 1. The van der Waals surface area contributed by atoms with Crippen LogP contribution < -0.4 is 10.1 Å². The fourth-order valence-electron chi connectivity index (χ4n) is 1.80. The van der Waals surface area contributed by atoms with Gasteiger partial charge in [0.2, 0.25) is 0 Å². The Balaban J connectivity index is 2.56. The molecule has 6 heteroatoms. The third-order valence-corrected chi connectivity index (χ3v) is 2.74. The number of nitrogens with zero attached hydrogens (tertiary/aromatic N) is 1. The van der Waals surface area contributed by atoms with Crippen molar-refractivity contribution in [3.05, 3.63) is 33.9 Å². The van der Waals surface area contributed by atoms with E-state index in [0.717, 1.165) is 0 Å². The van der Waals surface area contributed by atoms with Crippen molar-refractivity contribution in [2.45, 2.75) is 5.60 Å². The molecule has 0 atom stereocenters. The molecule has 2 rings (SSSR count). The summed E-state index contributed by atoms with van der Waals surface area (Å²) in [6, 6.07) is 4.70. The van der Waals surface area contributed by atoms with Gasteiger partial charge in [0.25, 0.3) is 0 Å². The van der Waals surface area contributed by atoms with Crippen molar-refractivity contribution in [1.29, 1.82) is 0 Å². The number of para-hydroxylation sites is 1. The zero-order chi connectivity index (χ0) is 11.8. The van der Waals surface area contributed by atoms with E-state index in [0.29, 0.717) is 18.7 Å². The molecule has 0 radical (unpaired) electrons. The van der Waals surface area contributed by atoms with Crippen molar-refractivity contribution in [3.8, 4) is 5.75 Å². The molecule has 1 aliphatic heterocycles. The van der Waals surface area contributed by atoms with Crippen molar-refractivity contribution in [1.82, 2.24) is 5.32 Å². The quantitative estimate of drug-likeness (QED) is 0.573. The van der Waals surface area contributed by atoms with E-state index in [1.807, 2.05) is 0 Å². The largest absolute Gasteiger partial charge is 0.490 e. The lowest BCUT2D eigenvalue weighted by atomic mass is 9.87. The van der Waals surface area contributed by atoms with Crippen LogP contribution in [0, 0.1) is 10.1 Å². The van der Waals surface area contributed by atoms with Gasteiger partial charge in [0, 0.05) is 13.1 Å². The first kappa shape index (κ1) is 10.8. The summed E-state index contributed by atoms with van der Waals surface area (Å²) in [5.74, 6) is 0.169. The van der Waals surface area contributed by atoms with Crippen LogP contribution in [0.4, 0.5) is 5.69 Å². The summed E-state index contributed by atoms with van der Waals surface area (Å²) >= 11 is 0. The number of aliphatic hydroxyl groups is 1. The van der Waals surface area contributed by atoms with Gasteiger partial charge in [-0.25, -0.2) is 0 Å². The van der Waals surface area contributed by atoms with Gasteiger partial charge >= 0.3 is 5.69 Å². The highest BCUT2D eigenvalue weighted by Crippen LogP contribution is 2.38. The van der Waals surface area contributed by atoms with Gasteiger partial charge in [-0.1, -0.05) is 6.07 Å².